The minimum Gasteiger partial charge on any atom is -0.494 e. The standard InChI is InChI=1S/C58H66N2O14S/c1-3-53(61)69-35-11-7-5-9-33-67-44-21-25-46(26-22-44)71-55(63)40-13-15-42(16-14-40)57(65)73-48-29-32-52(51(37-48)60-39-50-31-30-49(38-59)75-50)74-58(66)43-19-17-41(18-20-43)56(64)72-47-27-23-45(24-28-47)68-34-10-6-8-12-36-70-54(62)4-2/h3-4,21-32,37-43,59H,1-2,5-20,33-36H2. The molecule has 0 atom stereocenters. The highest BCUT2D eigenvalue weighted by Crippen LogP contribution is 2.37. The first-order valence-electron chi connectivity index (χ1n) is 25.7. The molecule has 3 aromatic carbocycles. The van der Waals surface area contributed by atoms with Crippen LogP contribution in [0.25, 0.3) is 0 Å². The molecule has 0 bridgehead atoms. The summed E-state index contributed by atoms with van der Waals surface area (Å²) in [5, 5.41) is 7.58. The number of thiophene rings is 1. The van der Waals surface area contributed by atoms with Crippen LogP contribution in [0, 0.1) is 29.1 Å². The molecule has 0 radical (unpaired) electrons. The fraction of sp³-hybridized carbons (Fsp3) is 0.414. The molecule has 17 heteroatoms. The van der Waals surface area contributed by atoms with Gasteiger partial charge in [-0.1, -0.05) is 13.2 Å². The van der Waals surface area contributed by atoms with E-state index in [2.05, 4.69) is 18.2 Å². The normalized spacial score (nSPS) is 17.2. The van der Waals surface area contributed by atoms with E-state index < -0.39 is 35.7 Å². The van der Waals surface area contributed by atoms with Crippen LogP contribution >= 0.6 is 11.3 Å². The Kier molecular flexibility index (Phi) is 23.3. The third-order valence-electron chi connectivity index (χ3n) is 12.8. The van der Waals surface area contributed by atoms with Gasteiger partial charge >= 0.3 is 35.8 Å². The second-order valence-electron chi connectivity index (χ2n) is 18.3. The van der Waals surface area contributed by atoms with Gasteiger partial charge in [-0.2, -0.15) is 0 Å². The Labute approximate surface area is 441 Å². The molecule has 2 aliphatic carbocycles. The molecule has 0 saturated heterocycles. The number of hydrogen-bond donors (Lipinski definition) is 1. The summed E-state index contributed by atoms with van der Waals surface area (Å²) in [6.45, 7) is 8.56. The molecule has 2 fully saturated rings. The van der Waals surface area contributed by atoms with Gasteiger partial charge in [0.25, 0.3) is 0 Å². The number of hydrogen-bond acceptors (Lipinski definition) is 17. The molecule has 2 aliphatic rings. The Morgan fingerprint density at radius 3 is 1.27 bits per heavy atom. The molecule has 0 amide bonds. The Morgan fingerprint density at radius 2 is 0.853 bits per heavy atom. The second-order valence-corrected chi connectivity index (χ2v) is 19.4. The van der Waals surface area contributed by atoms with Gasteiger partial charge in [0.1, 0.15) is 34.4 Å². The first-order valence-corrected chi connectivity index (χ1v) is 26.5. The van der Waals surface area contributed by atoms with Gasteiger partial charge in [-0.05, 0) is 176 Å². The summed E-state index contributed by atoms with van der Waals surface area (Å²) >= 11 is 1.36. The summed E-state index contributed by atoms with van der Waals surface area (Å²) in [4.78, 5) is 81.6. The molecule has 398 valence electrons. The molecular formula is C58H66N2O14S. The zero-order valence-electron chi connectivity index (χ0n) is 42.3. The van der Waals surface area contributed by atoms with Crippen molar-refractivity contribution in [3.8, 4) is 34.5 Å². The highest BCUT2D eigenvalue weighted by molar-refractivity contribution is 7.15. The van der Waals surface area contributed by atoms with Crippen molar-refractivity contribution in [2.75, 3.05) is 26.4 Å². The highest BCUT2D eigenvalue weighted by atomic mass is 32.1. The number of unbranched alkanes of at least 4 members (excludes halogenated alkanes) is 6. The highest BCUT2D eigenvalue weighted by Gasteiger charge is 2.34. The summed E-state index contributed by atoms with van der Waals surface area (Å²) in [6.07, 6.45) is 15.6. The van der Waals surface area contributed by atoms with Crippen molar-refractivity contribution in [2.24, 2.45) is 28.7 Å². The smallest absolute Gasteiger partial charge is 0.330 e. The average molecular weight is 1050 g/mol. The molecule has 1 aromatic heterocycles. The van der Waals surface area contributed by atoms with Crippen LogP contribution in [0.4, 0.5) is 5.69 Å². The number of carbonyl (C=O) groups is 6. The third kappa shape index (κ3) is 19.4. The lowest BCUT2D eigenvalue weighted by Crippen LogP contribution is -2.30. The number of aliphatic imine (C=N–C) groups is 1. The van der Waals surface area contributed by atoms with Gasteiger partial charge in [0.05, 0.1) is 50.1 Å². The topological polar surface area (TPSA) is 212 Å². The number of benzene rings is 3. The van der Waals surface area contributed by atoms with Gasteiger partial charge in [0.15, 0.2) is 5.75 Å². The van der Waals surface area contributed by atoms with Crippen LogP contribution in [0.1, 0.15) is 112 Å². The van der Waals surface area contributed by atoms with Gasteiger partial charge in [-0.15, -0.1) is 11.3 Å². The SMILES string of the molecule is C=CC(=O)OCCCCCCOc1ccc(OC(=O)C2CCC(C(=O)Oc3ccc(OC(=O)C4CCC(C(=O)Oc5ccc(OCCCCCCOC(=O)C=C)cc5)CC4)c(N=Cc4ccc(C=N)s4)c3)CC2)cc1. The zero-order valence-corrected chi connectivity index (χ0v) is 43.1. The number of esters is 6. The van der Waals surface area contributed by atoms with Crippen molar-refractivity contribution in [3.63, 3.8) is 0 Å². The van der Waals surface area contributed by atoms with Crippen molar-refractivity contribution in [2.45, 2.75) is 103 Å². The van der Waals surface area contributed by atoms with Crippen molar-refractivity contribution in [1.29, 1.82) is 5.41 Å². The maximum absolute atomic E-state index is 13.6. The molecule has 75 heavy (non-hydrogen) atoms. The van der Waals surface area contributed by atoms with E-state index in [1.807, 2.05) is 6.07 Å². The van der Waals surface area contributed by atoms with Crippen LogP contribution in [0.2, 0.25) is 0 Å². The largest absolute Gasteiger partial charge is 0.494 e. The van der Waals surface area contributed by atoms with Crippen LogP contribution in [-0.2, 0) is 38.2 Å². The molecule has 2 saturated carbocycles. The Morgan fingerprint density at radius 1 is 0.480 bits per heavy atom. The molecule has 1 N–H and O–H groups in total. The third-order valence-corrected chi connectivity index (χ3v) is 13.8. The van der Waals surface area contributed by atoms with Crippen LogP contribution < -0.4 is 28.4 Å². The minimum absolute atomic E-state index is 0.174. The van der Waals surface area contributed by atoms with E-state index in [0.29, 0.717) is 101 Å². The number of rotatable bonds is 29. The Balaban J connectivity index is 0.926. The molecule has 0 aliphatic heterocycles. The number of ether oxygens (including phenoxy) is 8. The number of nitrogens with zero attached hydrogens (tertiary/aromatic N) is 1. The first-order chi connectivity index (χ1) is 36.5. The van der Waals surface area contributed by atoms with E-state index in [-0.39, 0.29) is 41.0 Å². The summed E-state index contributed by atoms with van der Waals surface area (Å²) in [6, 6.07) is 22.0. The van der Waals surface area contributed by atoms with Crippen molar-refractivity contribution in [3.05, 3.63) is 114 Å². The maximum Gasteiger partial charge on any atom is 0.330 e. The predicted molar refractivity (Wildman–Crippen MR) is 282 cm³/mol. The predicted octanol–water partition coefficient (Wildman–Crippen LogP) is 11.5. The molecular weight excluding hydrogens is 981 g/mol. The summed E-state index contributed by atoms with van der Waals surface area (Å²) < 4.78 is 44.7. The summed E-state index contributed by atoms with van der Waals surface area (Å²) in [7, 11) is 0. The molecule has 6 rings (SSSR count). The fourth-order valence-corrected chi connectivity index (χ4v) is 9.19. The minimum atomic E-state index is -0.462. The molecule has 1 heterocycles. The van der Waals surface area contributed by atoms with Gasteiger partial charge in [-0.3, -0.25) is 24.2 Å². The summed E-state index contributed by atoms with van der Waals surface area (Å²) in [5.74, 6) is -1.59. The van der Waals surface area contributed by atoms with Crippen molar-refractivity contribution >= 4 is 65.3 Å². The lowest BCUT2D eigenvalue weighted by atomic mass is 9.82. The zero-order chi connectivity index (χ0) is 53.2. The quantitative estimate of drug-likeness (QED) is 0.0176. The molecule has 16 nitrogen and oxygen atoms in total. The van der Waals surface area contributed by atoms with Crippen LogP contribution in [0.15, 0.2) is 109 Å². The Hall–Kier alpha value is -7.40. The van der Waals surface area contributed by atoms with E-state index >= 15 is 0 Å². The van der Waals surface area contributed by atoms with Crippen LogP contribution in [0.5, 0.6) is 34.5 Å². The number of nitrogens with one attached hydrogen (secondary N) is 1. The molecule has 0 spiro atoms. The molecule has 0 unspecified atom stereocenters. The molecule has 4 aromatic rings. The first kappa shape index (κ1) is 56.9. The van der Waals surface area contributed by atoms with Crippen LogP contribution in [0.3, 0.4) is 0 Å². The van der Waals surface area contributed by atoms with Gasteiger partial charge in [-0.25, -0.2) is 9.59 Å². The lowest BCUT2D eigenvalue weighted by Gasteiger charge is -2.26. The van der Waals surface area contributed by atoms with E-state index in [4.69, 9.17) is 43.3 Å². The number of carbonyl (C=O) groups excluding carboxylic acids is 6. The summed E-state index contributed by atoms with van der Waals surface area (Å²) in [5.41, 5.74) is 0.260. The second kappa shape index (κ2) is 30.7. The maximum atomic E-state index is 13.6. The van der Waals surface area contributed by atoms with E-state index in [9.17, 15) is 28.8 Å². The van der Waals surface area contributed by atoms with E-state index in [0.717, 1.165) is 73.3 Å². The lowest BCUT2D eigenvalue weighted by molar-refractivity contribution is -0.145. The monoisotopic (exact) mass is 1050 g/mol. The average Bonchev–Trinajstić information content (AvgIpc) is 3.91. The van der Waals surface area contributed by atoms with E-state index in [1.165, 1.54) is 17.6 Å². The fourth-order valence-electron chi connectivity index (χ4n) is 8.48. The van der Waals surface area contributed by atoms with Crippen LogP contribution in [-0.4, -0.2) is 74.7 Å². The van der Waals surface area contributed by atoms with Crippen molar-refractivity contribution in [1.82, 2.24) is 0 Å². The Bertz CT molecular complexity index is 2570. The van der Waals surface area contributed by atoms with Gasteiger partial charge in [0, 0.05) is 40.4 Å². The van der Waals surface area contributed by atoms with Gasteiger partial charge in [0.2, 0.25) is 0 Å². The van der Waals surface area contributed by atoms with Crippen molar-refractivity contribution < 1.29 is 66.7 Å². The van der Waals surface area contributed by atoms with E-state index in [1.54, 1.807) is 79.0 Å². The van der Waals surface area contributed by atoms with Gasteiger partial charge < -0.3 is 43.3 Å².